The van der Waals surface area contributed by atoms with Crippen LogP contribution in [0, 0.1) is 0 Å². The van der Waals surface area contributed by atoms with E-state index >= 15 is 0 Å². The first-order valence-electron chi connectivity index (χ1n) is 4.26. The van der Waals surface area contributed by atoms with Crippen molar-refractivity contribution in [3.63, 3.8) is 0 Å². The molecule has 3 heteroatoms. The van der Waals surface area contributed by atoms with Crippen LogP contribution in [-0.2, 0) is 16.1 Å². The van der Waals surface area contributed by atoms with E-state index in [9.17, 15) is 4.79 Å². The topological polar surface area (TPSA) is 46.5 Å². The van der Waals surface area contributed by atoms with Crippen LogP contribution in [0.3, 0.4) is 0 Å². The Kier molecular flexibility index (Phi) is 3.73. The summed E-state index contributed by atoms with van der Waals surface area (Å²) >= 11 is 0. The minimum atomic E-state index is -0.533. The van der Waals surface area contributed by atoms with Gasteiger partial charge in [0.1, 0.15) is 6.61 Å². The Balaban J connectivity index is 2.42. The van der Waals surface area contributed by atoms with Crippen LogP contribution in [0.25, 0.3) is 0 Å². The lowest BCUT2D eigenvalue weighted by Crippen LogP contribution is -2.01. The summed E-state index contributed by atoms with van der Waals surface area (Å²) in [5.41, 5.74) is 0.921. The van der Waals surface area contributed by atoms with Gasteiger partial charge in [-0.3, -0.25) is 0 Å². The van der Waals surface area contributed by atoms with Gasteiger partial charge in [0.2, 0.25) is 0 Å². The van der Waals surface area contributed by atoms with Crippen molar-refractivity contribution in [2.24, 2.45) is 0 Å². The smallest absolute Gasteiger partial charge is 0.334 e. The van der Waals surface area contributed by atoms with Crippen molar-refractivity contribution in [1.29, 1.82) is 0 Å². The molecule has 0 spiro atoms. The molecule has 0 heterocycles. The Morgan fingerprint density at radius 2 is 2.07 bits per heavy atom. The molecule has 0 atom stereocenters. The number of carbonyl (C=O) groups excluding carboxylic acids is 1. The molecule has 3 nitrogen and oxygen atoms in total. The second-order valence-electron chi connectivity index (χ2n) is 2.88. The Labute approximate surface area is 82.6 Å². The highest BCUT2D eigenvalue weighted by Gasteiger charge is 1.99. The molecule has 0 fully saturated rings. The fourth-order valence-electron chi connectivity index (χ4n) is 0.941. The second kappa shape index (κ2) is 5.07. The number of carbonyl (C=O) groups is 1. The first-order valence-corrected chi connectivity index (χ1v) is 4.26. The Bertz CT molecular complexity index is 324. The standard InChI is InChI=1S/C11H12O3/c1-9(12)7-11(13)14-8-10-5-3-2-4-6-10/h2-7,12H,8H2,1H3/b9-7-. The minimum absolute atomic E-state index is 0.0527. The number of benzene rings is 1. The van der Waals surface area contributed by atoms with E-state index < -0.39 is 5.97 Å². The van der Waals surface area contributed by atoms with Crippen LogP contribution >= 0.6 is 0 Å². The third kappa shape index (κ3) is 3.76. The number of ether oxygens (including phenoxy) is 1. The lowest BCUT2D eigenvalue weighted by molar-refractivity contribution is -0.139. The molecule has 0 aliphatic heterocycles. The van der Waals surface area contributed by atoms with E-state index in [4.69, 9.17) is 9.84 Å². The average Bonchev–Trinajstić information content (AvgIpc) is 2.15. The summed E-state index contributed by atoms with van der Waals surface area (Å²) in [6, 6.07) is 9.36. The number of allylic oxidation sites excluding steroid dienone is 1. The maximum atomic E-state index is 11.0. The van der Waals surface area contributed by atoms with Gasteiger partial charge in [-0.1, -0.05) is 30.3 Å². The van der Waals surface area contributed by atoms with Gasteiger partial charge < -0.3 is 9.84 Å². The largest absolute Gasteiger partial charge is 0.512 e. The van der Waals surface area contributed by atoms with Crippen LogP contribution in [0.5, 0.6) is 0 Å². The molecule has 14 heavy (non-hydrogen) atoms. The third-order valence-electron chi connectivity index (χ3n) is 1.55. The van der Waals surface area contributed by atoms with Crippen molar-refractivity contribution in [1.82, 2.24) is 0 Å². The van der Waals surface area contributed by atoms with Gasteiger partial charge in [-0.25, -0.2) is 4.79 Å². The molecule has 74 valence electrons. The molecule has 0 aliphatic rings. The van der Waals surface area contributed by atoms with Gasteiger partial charge in [-0.05, 0) is 12.5 Å². The Morgan fingerprint density at radius 1 is 1.43 bits per heavy atom. The average molecular weight is 192 g/mol. The van der Waals surface area contributed by atoms with Gasteiger partial charge in [0, 0.05) is 0 Å². The maximum Gasteiger partial charge on any atom is 0.334 e. The number of hydrogen-bond acceptors (Lipinski definition) is 3. The van der Waals surface area contributed by atoms with Gasteiger partial charge in [0.25, 0.3) is 0 Å². The molecule has 0 unspecified atom stereocenters. The summed E-state index contributed by atoms with van der Waals surface area (Å²) in [6.07, 6.45) is 1.04. The van der Waals surface area contributed by atoms with Gasteiger partial charge in [-0.2, -0.15) is 0 Å². The molecule has 0 aromatic heterocycles. The van der Waals surface area contributed by atoms with E-state index in [1.807, 2.05) is 30.3 Å². The predicted molar refractivity (Wildman–Crippen MR) is 52.6 cm³/mol. The molecular weight excluding hydrogens is 180 g/mol. The van der Waals surface area contributed by atoms with Gasteiger partial charge >= 0.3 is 5.97 Å². The molecule has 0 saturated carbocycles. The van der Waals surface area contributed by atoms with E-state index in [0.29, 0.717) is 0 Å². The van der Waals surface area contributed by atoms with E-state index in [-0.39, 0.29) is 12.4 Å². The first-order chi connectivity index (χ1) is 6.68. The molecule has 1 rings (SSSR count). The zero-order chi connectivity index (χ0) is 10.4. The number of hydrogen-bond donors (Lipinski definition) is 1. The number of esters is 1. The van der Waals surface area contributed by atoms with Gasteiger partial charge in [0.05, 0.1) is 11.8 Å². The van der Waals surface area contributed by atoms with Crippen LogP contribution in [0.15, 0.2) is 42.2 Å². The SMILES string of the molecule is C/C(O)=C/C(=O)OCc1ccccc1. The van der Waals surface area contributed by atoms with Crippen LogP contribution in [0.2, 0.25) is 0 Å². The summed E-state index contributed by atoms with van der Waals surface area (Å²) < 4.78 is 4.86. The Hall–Kier alpha value is -1.77. The normalized spacial score (nSPS) is 11.1. The van der Waals surface area contributed by atoms with Gasteiger partial charge in [0.15, 0.2) is 0 Å². The first kappa shape index (κ1) is 10.3. The number of aliphatic hydroxyl groups is 1. The minimum Gasteiger partial charge on any atom is -0.512 e. The number of aliphatic hydroxyl groups excluding tert-OH is 1. The van der Waals surface area contributed by atoms with Crippen molar-refractivity contribution in [2.75, 3.05) is 0 Å². The molecule has 0 amide bonds. The molecular formula is C11H12O3. The highest BCUT2D eigenvalue weighted by atomic mass is 16.5. The molecule has 1 N–H and O–H groups in total. The van der Waals surface area contributed by atoms with Crippen molar-refractivity contribution >= 4 is 5.97 Å². The van der Waals surface area contributed by atoms with Crippen LogP contribution < -0.4 is 0 Å². The molecule has 0 saturated heterocycles. The molecule has 0 bridgehead atoms. The van der Waals surface area contributed by atoms with Crippen LogP contribution in [0.1, 0.15) is 12.5 Å². The van der Waals surface area contributed by atoms with Gasteiger partial charge in [-0.15, -0.1) is 0 Å². The monoisotopic (exact) mass is 192 g/mol. The number of rotatable bonds is 3. The lowest BCUT2D eigenvalue weighted by atomic mass is 10.2. The fraction of sp³-hybridized carbons (Fsp3) is 0.182. The molecule has 0 aliphatic carbocycles. The molecule has 1 aromatic rings. The van der Waals surface area contributed by atoms with Crippen molar-refractivity contribution in [3.05, 3.63) is 47.7 Å². The summed E-state index contributed by atoms with van der Waals surface area (Å²) in [7, 11) is 0. The molecule has 0 radical (unpaired) electrons. The quantitative estimate of drug-likeness (QED) is 0.453. The molecule has 1 aromatic carbocycles. The Morgan fingerprint density at radius 3 is 2.64 bits per heavy atom. The zero-order valence-corrected chi connectivity index (χ0v) is 7.93. The summed E-state index contributed by atoms with van der Waals surface area (Å²) in [6.45, 7) is 1.65. The maximum absolute atomic E-state index is 11.0. The van der Waals surface area contributed by atoms with E-state index in [1.54, 1.807) is 0 Å². The van der Waals surface area contributed by atoms with Crippen molar-refractivity contribution < 1.29 is 14.6 Å². The van der Waals surface area contributed by atoms with Crippen molar-refractivity contribution in [2.45, 2.75) is 13.5 Å². The van der Waals surface area contributed by atoms with E-state index in [2.05, 4.69) is 0 Å². The predicted octanol–water partition coefficient (Wildman–Crippen LogP) is 2.19. The summed E-state index contributed by atoms with van der Waals surface area (Å²) in [5.74, 6) is -0.586. The highest BCUT2D eigenvalue weighted by Crippen LogP contribution is 2.01. The van der Waals surface area contributed by atoms with Crippen LogP contribution in [-0.4, -0.2) is 11.1 Å². The zero-order valence-electron chi connectivity index (χ0n) is 7.93. The summed E-state index contributed by atoms with van der Waals surface area (Å²) in [4.78, 5) is 11.0. The van der Waals surface area contributed by atoms with Crippen molar-refractivity contribution in [3.8, 4) is 0 Å². The van der Waals surface area contributed by atoms with E-state index in [0.717, 1.165) is 11.6 Å². The highest BCUT2D eigenvalue weighted by molar-refractivity contribution is 5.82. The van der Waals surface area contributed by atoms with Crippen LogP contribution in [0.4, 0.5) is 0 Å². The van der Waals surface area contributed by atoms with E-state index in [1.165, 1.54) is 6.92 Å². The summed E-state index contributed by atoms with van der Waals surface area (Å²) in [5, 5.41) is 8.78. The fourth-order valence-corrected chi connectivity index (χ4v) is 0.941. The lowest BCUT2D eigenvalue weighted by Gasteiger charge is -2.01. The second-order valence-corrected chi connectivity index (χ2v) is 2.88. The third-order valence-corrected chi connectivity index (χ3v) is 1.55.